The van der Waals surface area contributed by atoms with Crippen LogP contribution >= 0.6 is 0 Å². The number of rotatable bonds is 7. The maximum Gasteiger partial charge on any atom is 0.341 e. The van der Waals surface area contributed by atoms with Crippen LogP contribution in [-0.4, -0.2) is 59.2 Å². The minimum Gasteiger partial charge on any atom is -0.497 e. The SMILES string of the molecule is COc1ccc(-c2c(COC(C)=O)c(C3CCN(C(=O)NO)CC3)nn2-c2ccc(OC)cc2)cc1. The zero-order chi connectivity index (χ0) is 25.7. The van der Waals surface area contributed by atoms with E-state index in [-0.39, 0.29) is 18.5 Å². The van der Waals surface area contributed by atoms with Gasteiger partial charge in [-0.3, -0.25) is 10.0 Å². The van der Waals surface area contributed by atoms with Crippen molar-refractivity contribution in [1.82, 2.24) is 20.2 Å². The van der Waals surface area contributed by atoms with E-state index in [0.29, 0.717) is 25.9 Å². The van der Waals surface area contributed by atoms with E-state index < -0.39 is 6.03 Å². The average Bonchev–Trinajstić information content (AvgIpc) is 3.31. The van der Waals surface area contributed by atoms with Gasteiger partial charge in [-0.25, -0.2) is 15.0 Å². The summed E-state index contributed by atoms with van der Waals surface area (Å²) < 4.78 is 18.0. The van der Waals surface area contributed by atoms with Gasteiger partial charge in [-0.2, -0.15) is 5.10 Å². The molecule has 2 aromatic carbocycles. The molecule has 0 saturated carbocycles. The van der Waals surface area contributed by atoms with Gasteiger partial charge in [0.1, 0.15) is 18.1 Å². The van der Waals surface area contributed by atoms with Gasteiger partial charge in [0.15, 0.2) is 0 Å². The summed E-state index contributed by atoms with van der Waals surface area (Å²) in [6.45, 7) is 2.39. The number of amides is 2. The molecule has 4 rings (SSSR count). The largest absolute Gasteiger partial charge is 0.497 e. The first-order valence-corrected chi connectivity index (χ1v) is 11.7. The number of ether oxygens (including phenoxy) is 3. The lowest BCUT2D eigenvalue weighted by atomic mass is 9.90. The van der Waals surface area contributed by atoms with E-state index in [1.807, 2.05) is 53.2 Å². The van der Waals surface area contributed by atoms with Gasteiger partial charge in [0.25, 0.3) is 0 Å². The third-order valence-corrected chi connectivity index (χ3v) is 6.38. The van der Waals surface area contributed by atoms with Crippen molar-refractivity contribution >= 4 is 12.0 Å². The van der Waals surface area contributed by atoms with E-state index in [2.05, 4.69) is 0 Å². The van der Waals surface area contributed by atoms with Crippen molar-refractivity contribution in [3.8, 4) is 28.4 Å². The van der Waals surface area contributed by atoms with Crippen LogP contribution in [-0.2, 0) is 16.1 Å². The number of urea groups is 1. The van der Waals surface area contributed by atoms with Gasteiger partial charge in [0, 0.05) is 37.1 Å². The molecule has 2 heterocycles. The molecule has 3 aromatic rings. The number of benzene rings is 2. The van der Waals surface area contributed by atoms with Crippen LogP contribution in [0.25, 0.3) is 16.9 Å². The fourth-order valence-electron chi connectivity index (χ4n) is 4.49. The highest BCUT2D eigenvalue weighted by molar-refractivity contribution is 5.73. The number of carbonyl (C=O) groups excluding carboxylic acids is 2. The Morgan fingerprint density at radius 1 is 1.00 bits per heavy atom. The predicted molar refractivity (Wildman–Crippen MR) is 131 cm³/mol. The van der Waals surface area contributed by atoms with Gasteiger partial charge in [-0.15, -0.1) is 0 Å². The maximum atomic E-state index is 11.9. The Morgan fingerprint density at radius 3 is 2.11 bits per heavy atom. The number of likely N-dealkylation sites (tertiary alicyclic amines) is 1. The number of esters is 1. The first-order chi connectivity index (χ1) is 17.4. The molecule has 0 spiro atoms. The molecule has 36 heavy (non-hydrogen) atoms. The molecule has 0 radical (unpaired) electrons. The molecule has 0 bridgehead atoms. The lowest BCUT2D eigenvalue weighted by molar-refractivity contribution is -0.142. The van der Waals surface area contributed by atoms with E-state index in [0.717, 1.165) is 39.7 Å². The molecule has 0 atom stereocenters. The molecule has 0 unspecified atom stereocenters. The average molecular weight is 495 g/mol. The second-order valence-electron chi connectivity index (χ2n) is 8.51. The Morgan fingerprint density at radius 2 is 1.58 bits per heavy atom. The van der Waals surface area contributed by atoms with Crippen LogP contribution in [0.2, 0.25) is 0 Å². The van der Waals surface area contributed by atoms with E-state index in [1.54, 1.807) is 24.6 Å². The van der Waals surface area contributed by atoms with Crippen molar-refractivity contribution in [3.63, 3.8) is 0 Å². The second-order valence-corrected chi connectivity index (χ2v) is 8.51. The number of hydroxylamine groups is 1. The number of hydrogen-bond acceptors (Lipinski definition) is 7. The fourth-order valence-corrected chi connectivity index (χ4v) is 4.49. The molecule has 1 aliphatic heterocycles. The number of nitrogens with zero attached hydrogens (tertiary/aromatic N) is 3. The van der Waals surface area contributed by atoms with Crippen molar-refractivity contribution in [2.75, 3.05) is 27.3 Å². The van der Waals surface area contributed by atoms with Crippen LogP contribution < -0.4 is 15.0 Å². The monoisotopic (exact) mass is 494 g/mol. The maximum absolute atomic E-state index is 11.9. The Hall–Kier alpha value is -4.05. The van der Waals surface area contributed by atoms with Crippen molar-refractivity contribution in [2.24, 2.45) is 0 Å². The van der Waals surface area contributed by atoms with Gasteiger partial charge in [0.05, 0.1) is 31.3 Å². The summed E-state index contributed by atoms with van der Waals surface area (Å²) in [5.41, 5.74) is 5.87. The molecule has 1 saturated heterocycles. The molecule has 1 aromatic heterocycles. The van der Waals surface area contributed by atoms with E-state index in [4.69, 9.17) is 24.5 Å². The summed E-state index contributed by atoms with van der Waals surface area (Å²) >= 11 is 0. The second kappa shape index (κ2) is 11.1. The van der Waals surface area contributed by atoms with E-state index in [1.165, 1.54) is 6.92 Å². The Bertz CT molecular complexity index is 1200. The predicted octanol–water partition coefficient (Wildman–Crippen LogP) is 3.90. The normalized spacial score (nSPS) is 13.8. The zero-order valence-electron chi connectivity index (χ0n) is 20.6. The summed E-state index contributed by atoms with van der Waals surface area (Å²) in [6.07, 6.45) is 1.31. The number of methoxy groups -OCH3 is 2. The van der Waals surface area contributed by atoms with Crippen LogP contribution in [0.4, 0.5) is 4.79 Å². The summed E-state index contributed by atoms with van der Waals surface area (Å²) in [7, 11) is 3.23. The van der Waals surface area contributed by atoms with Crippen LogP contribution in [0.15, 0.2) is 48.5 Å². The third-order valence-electron chi connectivity index (χ3n) is 6.38. The van der Waals surface area contributed by atoms with Crippen LogP contribution in [0.1, 0.15) is 36.9 Å². The number of piperidine rings is 1. The minimum absolute atomic E-state index is 0.0368. The number of nitrogens with one attached hydrogen (secondary N) is 1. The Balaban J connectivity index is 1.82. The molecular formula is C26H30N4O6. The van der Waals surface area contributed by atoms with Gasteiger partial charge in [-0.1, -0.05) is 0 Å². The lowest BCUT2D eigenvalue weighted by Crippen LogP contribution is -2.43. The van der Waals surface area contributed by atoms with Gasteiger partial charge >= 0.3 is 12.0 Å². The summed E-state index contributed by atoms with van der Waals surface area (Å²) in [5, 5.41) is 14.0. The first-order valence-electron chi connectivity index (χ1n) is 11.7. The number of carbonyl (C=O) groups is 2. The fraction of sp³-hybridized carbons (Fsp3) is 0.346. The molecule has 2 amide bonds. The van der Waals surface area contributed by atoms with Crippen LogP contribution in [0, 0.1) is 0 Å². The zero-order valence-corrected chi connectivity index (χ0v) is 20.6. The number of aromatic nitrogens is 2. The molecule has 1 aliphatic rings. The highest BCUT2D eigenvalue weighted by Gasteiger charge is 2.30. The smallest absolute Gasteiger partial charge is 0.341 e. The highest BCUT2D eigenvalue weighted by atomic mass is 16.5. The Kier molecular flexibility index (Phi) is 7.74. The molecule has 2 N–H and O–H groups in total. The van der Waals surface area contributed by atoms with Crippen molar-refractivity contribution < 1.29 is 29.0 Å². The lowest BCUT2D eigenvalue weighted by Gasteiger charge is -2.30. The topological polar surface area (TPSA) is 115 Å². The first kappa shape index (κ1) is 25.1. The minimum atomic E-state index is -0.517. The molecule has 190 valence electrons. The molecule has 1 fully saturated rings. The van der Waals surface area contributed by atoms with Crippen molar-refractivity contribution in [1.29, 1.82) is 0 Å². The highest BCUT2D eigenvalue weighted by Crippen LogP contribution is 2.37. The van der Waals surface area contributed by atoms with Crippen molar-refractivity contribution in [3.05, 3.63) is 59.8 Å². The summed E-state index contributed by atoms with van der Waals surface area (Å²) in [5.74, 6) is 1.11. The molecule has 10 nitrogen and oxygen atoms in total. The summed E-state index contributed by atoms with van der Waals surface area (Å²) in [4.78, 5) is 25.2. The van der Waals surface area contributed by atoms with E-state index >= 15 is 0 Å². The molecular weight excluding hydrogens is 464 g/mol. The summed E-state index contributed by atoms with van der Waals surface area (Å²) in [6, 6.07) is 14.7. The van der Waals surface area contributed by atoms with Crippen molar-refractivity contribution in [2.45, 2.75) is 32.3 Å². The third kappa shape index (κ3) is 5.28. The van der Waals surface area contributed by atoms with Gasteiger partial charge in [-0.05, 0) is 61.4 Å². The quantitative estimate of drug-likeness (QED) is 0.291. The van der Waals surface area contributed by atoms with Crippen LogP contribution in [0.3, 0.4) is 0 Å². The Labute approximate surface area is 209 Å². The van der Waals surface area contributed by atoms with Gasteiger partial charge in [0.2, 0.25) is 0 Å². The van der Waals surface area contributed by atoms with E-state index in [9.17, 15) is 9.59 Å². The standard InChI is InChI=1S/C26H30N4O6/c1-17(31)36-16-23-24(18-12-14-29(15-13-18)26(32)28-33)27-30(20-6-10-22(35-3)11-7-20)25(23)19-4-8-21(34-2)9-5-19/h4-11,18,33H,12-16H2,1-3H3,(H,28,32). The molecule has 10 heteroatoms. The number of hydrogen-bond donors (Lipinski definition) is 2. The van der Waals surface area contributed by atoms with Gasteiger partial charge < -0.3 is 19.1 Å². The molecule has 0 aliphatic carbocycles. The van der Waals surface area contributed by atoms with Crippen LogP contribution in [0.5, 0.6) is 11.5 Å².